The number of rotatable bonds is 7. The van der Waals surface area contributed by atoms with Crippen molar-refractivity contribution in [2.24, 2.45) is 29.4 Å². The molecule has 37 heavy (non-hydrogen) atoms. The minimum absolute atomic E-state index is 0.0172. The predicted molar refractivity (Wildman–Crippen MR) is 135 cm³/mol. The number of carbonyl (C=O) groups is 3. The highest BCUT2D eigenvalue weighted by Gasteiger charge is 2.55. The maximum Gasteiger partial charge on any atom is 0.412 e. The number of ether oxygens (including phenoxy) is 1. The first-order chi connectivity index (χ1) is 17.4. The molecule has 0 aliphatic heterocycles. The Hall–Kier alpha value is -3.47. The second-order valence-electron chi connectivity index (χ2n) is 10.5. The number of fused-ring (bicyclic) bond motifs is 2. The summed E-state index contributed by atoms with van der Waals surface area (Å²) in [4.78, 5) is 44.7. The van der Waals surface area contributed by atoms with Gasteiger partial charge < -0.3 is 21.1 Å². The number of primary amides is 1. The molecule has 198 valence electrons. The molecule has 12 heteroatoms. The van der Waals surface area contributed by atoms with Crippen LogP contribution in [-0.2, 0) is 9.53 Å². The molecule has 1 heterocycles. The molecule has 0 spiro atoms. The number of hydrogen-bond donors (Lipinski definition) is 4. The third-order valence-electron chi connectivity index (χ3n) is 6.78. The molecule has 2 aromatic rings. The van der Waals surface area contributed by atoms with E-state index in [0.29, 0.717) is 24.2 Å². The van der Waals surface area contributed by atoms with Crippen molar-refractivity contribution in [1.82, 2.24) is 15.3 Å². The van der Waals surface area contributed by atoms with Crippen molar-refractivity contribution in [1.29, 1.82) is 0 Å². The van der Waals surface area contributed by atoms with E-state index in [1.165, 1.54) is 0 Å². The topological polar surface area (TPSA) is 148 Å². The number of amides is 3. The van der Waals surface area contributed by atoms with Crippen LogP contribution in [0, 0.1) is 29.5 Å². The lowest BCUT2D eigenvalue weighted by molar-refractivity contribution is -0.123. The highest BCUT2D eigenvalue weighted by Crippen LogP contribution is 2.52. The number of anilines is 2. The van der Waals surface area contributed by atoms with Crippen LogP contribution < -0.4 is 21.7 Å². The molecular formula is C25H30ClFN6O4. The van der Waals surface area contributed by atoms with Gasteiger partial charge in [-0.05, 0) is 81.2 Å². The van der Waals surface area contributed by atoms with Crippen LogP contribution in [0.5, 0.6) is 0 Å². The van der Waals surface area contributed by atoms with Crippen LogP contribution in [0.3, 0.4) is 0 Å². The number of halogens is 2. The Morgan fingerprint density at radius 1 is 1.24 bits per heavy atom. The van der Waals surface area contributed by atoms with Gasteiger partial charge in [0.15, 0.2) is 11.6 Å². The summed E-state index contributed by atoms with van der Waals surface area (Å²) < 4.78 is 19.5. The molecule has 2 fully saturated rings. The highest BCUT2D eigenvalue weighted by molar-refractivity contribution is 6.28. The lowest BCUT2D eigenvalue weighted by atomic mass is 9.77. The molecule has 2 bridgehead atoms. The zero-order valence-corrected chi connectivity index (χ0v) is 21.5. The van der Waals surface area contributed by atoms with Gasteiger partial charge in [0.2, 0.25) is 11.2 Å². The number of nitrogens with zero attached hydrogens (tertiary/aromatic N) is 2. The Balaban J connectivity index is 1.40. The molecule has 1 aromatic carbocycles. The van der Waals surface area contributed by atoms with E-state index >= 15 is 0 Å². The molecule has 5 N–H and O–H groups in total. The molecule has 4 rings (SSSR count). The first-order valence-electron chi connectivity index (χ1n) is 12.0. The van der Waals surface area contributed by atoms with Crippen molar-refractivity contribution in [2.75, 3.05) is 17.2 Å². The first-order valence-corrected chi connectivity index (χ1v) is 12.4. The second-order valence-corrected chi connectivity index (χ2v) is 10.8. The van der Waals surface area contributed by atoms with Crippen molar-refractivity contribution >= 4 is 41.0 Å². The van der Waals surface area contributed by atoms with E-state index in [1.54, 1.807) is 45.0 Å². The van der Waals surface area contributed by atoms with E-state index in [2.05, 4.69) is 25.9 Å². The molecule has 0 radical (unpaired) electrons. The van der Waals surface area contributed by atoms with Crippen LogP contribution in [0.1, 0.15) is 44.0 Å². The number of hydrogen-bond acceptors (Lipinski definition) is 7. The van der Waals surface area contributed by atoms with Crippen LogP contribution >= 0.6 is 11.6 Å². The van der Waals surface area contributed by atoms with Gasteiger partial charge in [-0.15, -0.1) is 0 Å². The molecular weight excluding hydrogens is 503 g/mol. The Morgan fingerprint density at radius 3 is 2.70 bits per heavy atom. The minimum Gasteiger partial charge on any atom is -0.444 e. The average molecular weight is 533 g/mol. The third-order valence-corrected chi connectivity index (χ3v) is 6.97. The molecule has 2 saturated carbocycles. The summed E-state index contributed by atoms with van der Waals surface area (Å²) in [7, 11) is 0. The van der Waals surface area contributed by atoms with Gasteiger partial charge in [-0.1, -0.05) is 6.07 Å². The lowest BCUT2D eigenvalue weighted by Crippen LogP contribution is -2.47. The van der Waals surface area contributed by atoms with Gasteiger partial charge in [0.1, 0.15) is 5.60 Å². The van der Waals surface area contributed by atoms with Crippen molar-refractivity contribution in [3.05, 3.63) is 47.1 Å². The monoisotopic (exact) mass is 532 g/mol. The van der Waals surface area contributed by atoms with Crippen LogP contribution in [0.4, 0.5) is 20.7 Å². The van der Waals surface area contributed by atoms with Crippen molar-refractivity contribution in [3.8, 4) is 0 Å². The molecule has 5 atom stereocenters. The fourth-order valence-corrected chi connectivity index (χ4v) is 5.56. The number of carbonyl (C=O) groups excluding carboxylic acids is 3. The van der Waals surface area contributed by atoms with Crippen LogP contribution in [-0.4, -0.2) is 46.1 Å². The minimum atomic E-state index is -0.680. The van der Waals surface area contributed by atoms with Gasteiger partial charge in [0.25, 0.3) is 5.91 Å². The van der Waals surface area contributed by atoms with Crippen molar-refractivity contribution in [2.45, 2.75) is 45.3 Å². The summed E-state index contributed by atoms with van der Waals surface area (Å²) in [6.07, 6.45) is 1.79. The SMILES string of the molecule is CC(C)(C)OC(=O)Nc1cccc(C(=O)NCC2C[C@@H]3C[C@@H]2[C@@H](Nc2nc(Cl)ncc2F)[C@H]3C(N)=O)c1. The van der Waals surface area contributed by atoms with Crippen LogP contribution in [0.25, 0.3) is 0 Å². The van der Waals surface area contributed by atoms with E-state index in [0.717, 1.165) is 12.6 Å². The Labute approximate surface area is 218 Å². The van der Waals surface area contributed by atoms with Gasteiger partial charge in [0.05, 0.1) is 12.1 Å². The summed E-state index contributed by atoms with van der Waals surface area (Å²) in [5, 5.41) is 8.48. The maximum absolute atomic E-state index is 14.3. The zero-order chi connectivity index (χ0) is 26.9. The maximum atomic E-state index is 14.3. The largest absolute Gasteiger partial charge is 0.444 e. The predicted octanol–water partition coefficient (Wildman–Crippen LogP) is 3.58. The summed E-state index contributed by atoms with van der Waals surface area (Å²) >= 11 is 5.82. The van der Waals surface area contributed by atoms with Gasteiger partial charge >= 0.3 is 6.09 Å². The molecule has 0 saturated heterocycles. The van der Waals surface area contributed by atoms with E-state index in [-0.39, 0.29) is 34.8 Å². The summed E-state index contributed by atoms with van der Waals surface area (Å²) in [6, 6.07) is 6.09. The van der Waals surface area contributed by atoms with Gasteiger partial charge in [0, 0.05) is 23.8 Å². The van der Waals surface area contributed by atoms with Gasteiger partial charge in [-0.25, -0.2) is 14.2 Å². The Bertz CT molecular complexity index is 1210. The zero-order valence-electron chi connectivity index (χ0n) is 20.8. The number of aromatic nitrogens is 2. The van der Waals surface area contributed by atoms with E-state index in [1.807, 2.05) is 0 Å². The first kappa shape index (κ1) is 26.6. The van der Waals surface area contributed by atoms with Gasteiger partial charge in [-0.3, -0.25) is 14.9 Å². The molecule has 1 unspecified atom stereocenters. The quantitative estimate of drug-likeness (QED) is 0.398. The third kappa shape index (κ3) is 6.27. The van der Waals surface area contributed by atoms with Crippen LogP contribution in [0.15, 0.2) is 30.5 Å². The fourth-order valence-electron chi connectivity index (χ4n) is 5.43. The fraction of sp³-hybridized carbons (Fsp3) is 0.480. The summed E-state index contributed by atoms with van der Waals surface area (Å²) in [6.45, 7) is 5.64. The molecule has 10 nitrogen and oxygen atoms in total. The second kappa shape index (κ2) is 10.5. The summed E-state index contributed by atoms with van der Waals surface area (Å²) in [5.74, 6) is -1.98. The molecule has 2 aliphatic carbocycles. The van der Waals surface area contributed by atoms with Crippen LogP contribution in [0.2, 0.25) is 5.28 Å². The smallest absolute Gasteiger partial charge is 0.412 e. The average Bonchev–Trinajstić information content (AvgIpc) is 3.37. The molecule has 2 aliphatic rings. The van der Waals surface area contributed by atoms with Crippen molar-refractivity contribution < 1.29 is 23.5 Å². The normalized spacial score (nSPS) is 24.4. The van der Waals surface area contributed by atoms with E-state index in [4.69, 9.17) is 22.1 Å². The van der Waals surface area contributed by atoms with Gasteiger partial charge in [-0.2, -0.15) is 4.98 Å². The standard InChI is InChI=1S/C25H30ClFN6O4/c1-25(2,3)37-24(36)31-15-6-4-5-12(8-15)22(35)29-10-14-7-13-9-16(14)19(18(13)20(28)34)32-21-17(27)11-30-23(26)33-21/h4-6,8,11,13-14,16,18-19H,7,9-10H2,1-3H3,(H2,28,34)(H,29,35)(H,31,36)(H,30,32,33)/t13-,14?,16+,18+,19-/m1/s1. The highest BCUT2D eigenvalue weighted by atomic mass is 35.5. The Morgan fingerprint density at radius 2 is 2.00 bits per heavy atom. The Kier molecular flexibility index (Phi) is 7.54. The van der Waals surface area contributed by atoms with E-state index in [9.17, 15) is 18.8 Å². The number of benzene rings is 1. The molecule has 3 amide bonds. The summed E-state index contributed by atoms with van der Waals surface area (Å²) in [5.41, 5.74) is 5.84. The number of nitrogens with two attached hydrogens (primary N) is 1. The lowest BCUT2D eigenvalue weighted by Gasteiger charge is -2.35. The van der Waals surface area contributed by atoms with E-state index < -0.39 is 35.4 Å². The van der Waals surface area contributed by atoms with Crippen molar-refractivity contribution in [3.63, 3.8) is 0 Å². The molecule has 1 aromatic heterocycles. The number of nitrogens with one attached hydrogen (secondary N) is 3.